The van der Waals surface area contributed by atoms with Crippen molar-refractivity contribution < 1.29 is 9.84 Å². The van der Waals surface area contributed by atoms with Crippen molar-refractivity contribution in [3.05, 3.63) is 24.0 Å². The fourth-order valence-corrected chi connectivity index (χ4v) is 1.93. The van der Waals surface area contributed by atoms with Gasteiger partial charge in [0.25, 0.3) is 0 Å². The molecule has 1 atom stereocenters. The monoisotopic (exact) mass is 266 g/mol. The van der Waals surface area contributed by atoms with E-state index in [1.54, 1.807) is 12.4 Å². The summed E-state index contributed by atoms with van der Waals surface area (Å²) in [7, 11) is 0. The van der Waals surface area contributed by atoms with Gasteiger partial charge in [0.05, 0.1) is 18.9 Å². The summed E-state index contributed by atoms with van der Waals surface area (Å²) in [5.74, 6) is 0.737. The van der Waals surface area contributed by atoms with Gasteiger partial charge >= 0.3 is 0 Å². The molecule has 1 heterocycles. The summed E-state index contributed by atoms with van der Waals surface area (Å²) < 4.78 is 5.53. The Balaban J connectivity index is 2.53. The van der Waals surface area contributed by atoms with Crippen LogP contribution in [-0.2, 0) is 0 Å². The van der Waals surface area contributed by atoms with E-state index in [9.17, 15) is 5.11 Å². The van der Waals surface area contributed by atoms with Crippen molar-refractivity contribution in [2.75, 3.05) is 26.2 Å². The number of nitrogens with zero attached hydrogens (tertiary/aromatic N) is 2. The summed E-state index contributed by atoms with van der Waals surface area (Å²) in [5.41, 5.74) is 0.834. The van der Waals surface area contributed by atoms with Crippen LogP contribution in [0.4, 0.5) is 0 Å². The third kappa shape index (κ3) is 5.57. The lowest BCUT2D eigenvalue weighted by Crippen LogP contribution is -2.25. The zero-order chi connectivity index (χ0) is 14.1. The molecular weight excluding hydrogens is 240 g/mol. The zero-order valence-electron chi connectivity index (χ0n) is 12.3. The van der Waals surface area contributed by atoms with E-state index in [2.05, 4.69) is 30.7 Å². The predicted molar refractivity (Wildman–Crippen MR) is 77.4 cm³/mol. The van der Waals surface area contributed by atoms with E-state index < -0.39 is 6.10 Å². The highest BCUT2D eigenvalue weighted by Crippen LogP contribution is 2.20. The van der Waals surface area contributed by atoms with Crippen LogP contribution in [0.5, 0.6) is 5.75 Å². The zero-order valence-corrected chi connectivity index (χ0v) is 12.3. The predicted octanol–water partition coefficient (Wildman–Crippen LogP) is 2.64. The Morgan fingerprint density at radius 3 is 2.63 bits per heavy atom. The Kier molecular flexibility index (Phi) is 7.45. The van der Waals surface area contributed by atoms with E-state index in [0.29, 0.717) is 6.61 Å². The molecule has 4 heteroatoms. The first-order valence-corrected chi connectivity index (χ1v) is 7.19. The van der Waals surface area contributed by atoms with Gasteiger partial charge in [0.2, 0.25) is 0 Å². The van der Waals surface area contributed by atoms with Crippen molar-refractivity contribution in [2.45, 2.75) is 39.7 Å². The van der Waals surface area contributed by atoms with Crippen LogP contribution in [0.15, 0.2) is 18.5 Å². The fourth-order valence-electron chi connectivity index (χ4n) is 1.93. The Labute approximate surface area is 116 Å². The molecule has 0 radical (unpaired) electrons. The summed E-state index contributed by atoms with van der Waals surface area (Å²) in [4.78, 5) is 6.43. The van der Waals surface area contributed by atoms with Crippen LogP contribution in [0.3, 0.4) is 0 Å². The first-order valence-electron chi connectivity index (χ1n) is 7.19. The molecule has 19 heavy (non-hydrogen) atoms. The largest absolute Gasteiger partial charge is 0.492 e. The second-order valence-electron chi connectivity index (χ2n) is 4.63. The Morgan fingerprint density at radius 2 is 2.00 bits per heavy atom. The minimum absolute atomic E-state index is 0.474. The van der Waals surface area contributed by atoms with Gasteiger partial charge in [0, 0.05) is 18.3 Å². The van der Waals surface area contributed by atoms with Crippen molar-refractivity contribution >= 4 is 0 Å². The molecule has 0 saturated carbocycles. The maximum atomic E-state index is 10.2. The molecule has 108 valence electrons. The summed E-state index contributed by atoms with van der Waals surface area (Å²) in [6, 6.07) is 1.88. The lowest BCUT2D eigenvalue weighted by Gasteiger charge is -2.20. The summed E-state index contributed by atoms with van der Waals surface area (Å²) in [5, 5.41) is 10.2. The molecule has 1 N–H and O–H groups in total. The van der Waals surface area contributed by atoms with E-state index in [1.165, 1.54) is 0 Å². The van der Waals surface area contributed by atoms with E-state index >= 15 is 0 Å². The Hall–Kier alpha value is -1.13. The van der Waals surface area contributed by atoms with Crippen molar-refractivity contribution in [1.82, 2.24) is 9.88 Å². The van der Waals surface area contributed by atoms with Gasteiger partial charge in [-0.1, -0.05) is 20.8 Å². The van der Waals surface area contributed by atoms with Crippen LogP contribution >= 0.6 is 0 Å². The third-order valence-electron chi connectivity index (χ3n) is 3.21. The number of ether oxygens (including phenoxy) is 1. The topological polar surface area (TPSA) is 45.6 Å². The van der Waals surface area contributed by atoms with Gasteiger partial charge in [-0.25, -0.2) is 0 Å². The van der Waals surface area contributed by atoms with Crippen molar-refractivity contribution in [1.29, 1.82) is 0 Å². The molecule has 0 aliphatic heterocycles. The number of aliphatic hydroxyl groups is 1. The maximum Gasteiger partial charge on any atom is 0.137 e. The van der Waals surface area contributed by atoms with Gasteiger partial charge in [0.15, 0.2) is 0 Å². The van der Waals surface area contributed by atoms with E-state index in [-0.39, 0.29) is 0 Å². The molecule has 1 unspecified atom stereocenters. The second-order valence-corrected chi connectivity index (χ2v) is 4.63. The smallest absolute Gasteiger partial charge is 0.137 e. The molecule has 1 aromatic heterocycles. The van der Waals surface area contributed by atoms with Gasteiger partial charge in [-0.15, -0.1) is 0 Å². The van der Waals surface area contributed by atoms with Crippen molar-refractivity contribution in [2.24, 2.45) is 0 Å². The molecular formula is C15H26N2O2. The highest BCUT2D eigenvalue weighted by molar-refractivity contribution is 5.25. The quantitative estimate of drug-likeness (QED) is 0.746. The lowest BCUT2D eigenvalue weighted by atomic mass is 10.1. The molecule has 4 nitrogen and oxygen atoms in total. The summed E-state index contributed by atoms with van der Waals surface area (Å²) in [6.45, 7) is 9.95. The highest BCUT2D eigenvalue weighted by Gasteiger charge is 2.11. The number of hydrogen-bond donors (Lipinski definition) is 1. The molecule has 0 aromatic carbocycles. The molecule has 0 spiro atoms. The van der Waals surface area contributed by atoms with Crippen LogP contribution in [0.25, 0.3) is 0 Å². The molecule has 0 bridgehead atoms. The molecule has 0 aliphatic rings. The first-order chi connectivity index (χ1) is 9.21. The van der Waals surface area contributed by atoms with Gasteiger partial charge < -0.3 is 14.7 Å². The average molecular weight is 266 g/mol. The van der Waals surface area contributed by atoms with Gasteiger partial charge in [-0.05, 0) is 32.0 Å². The SMILES string of the molecule is CCCOc1cncc(C(O)CCN(CC)CC)c1. The third-order valence-corrected chi connectivity index (χ3v) is 3.21. The van der Waals surface area contributed by atoms with Crippen molar-refractivity contribution in [3.63, 3.8) is 0 Å². The maximum absolute atomic E-state index is 10.2. The van der Waals surface area contributed by atoms with Crippen LogP contribution in [0, 0.1) is 0 Å². The fraction of sp³-hybridized carbons (Fsp3) is 0.667. The van der Waals surface area contributed by atoms with Gasteiger partial charge in [-0.2, -0.15) is 0 Å². The molecule has 0 amide bonds. The Morgan fingerprint density at radius 1 is 1.26 bits per heavy atom. The highest BCUT2D eigenvalue weighted by atomic mass is 16.5. The molecule has 0 aliphatic carbocycles. The first kappa shape index (κ1) is 15.9. The standard InChI is InChI=1S/C15H26N2O2/c1-4-9-19-14-10-13(11-16-12-14)15(18)7-8-17(5-2)6-3/h10-12,15,18H,4-9H2,1-3H3. The minimum Gasteiger partial charge on any atom is -0.492 e. The van der Waals surface area contributed by atoms with Crippen LogP contribution in [-0.4, -0.2) is 41.2 Å². The number of aliphatic hydroxyl groups excluding tert-OH is 1. The average Bonchev–Trinajstić information content (AvgIpc) is 2.46. The number of aromatic nitrogens is 1. The molecule has 0 saturated heterocycles. The molecule has 0 fully saturated rings. The minimum atomic E-state index is -0.474. The van der Waals surface area contributed by atoms with Gasteiger partial charge in [-0.3, -0.25) is 4.98 Å². The normalized spacial score (nSPS) is 12.7. The van der Waals surface area contributed by atoms with Gasteiger partial charge in [0.1, 0.15) is 5.75 Å². The Bertz CT molecular complexity index is 354. The van der Waals surface area contributed by atoms with Crippen LogP contribution in [0.1, 0.15) is 45.3 Å². The second kappa shape index (κ2) is 8.88. The summed E-state index contributed by atoms with van der Waals surface area (Å²) >= 11 is 0. The number of hydrogen-bond acceptors (Lipinski definition) is 4. The number of rotatable bonds is 9. The number of pyridine rings is 1. The van der Waals surface area contributed by atoms with Crippen LogP contribution < -0.4 is 4.74 Å². The lowest BCUT2D eigenvalue weighted by molar-refractivity contribution is 0.144. The van der Waals surface area contributed by atoms with E-state index in [1.807, 2.05) is 6.07 Å². The van der Waals surface area contributed by atoms with Crippen LogP contribution in [0.2, 0.25) is 0 Å². The van der Waals surface area contributed by atoms with Crippen molar-refractivity contribution in [3.8, 4) is 5.75 Å². The summed E-state index contributed by atoms with van der Waals surface area (Å²) in [6.07, 6.45) is 4.62. The van der Waals surface area contributed by atoms with E-state index in [4.69, 9.17) is 4.74 Å². The molecule has 1 rings (SSSR count). The molecule has 1 aromatic rings. The van der Waals surface area contributed by atoms with E-state index in [0.717, 1.165) is 43.8 Å².